The fourth-order valence-electron chi connectivity index (χ4n) is 3.39. The number of nitrogens with one attached hydrogen (secondary N) is 2. The van der Waals surface area contributed by atoms with Crippen LogP contribution in [-0.2, 0) is 13.0 Å². The normalized spacial score (nSPS) is 20.9. The molecule has 1 saturated carbocycles. The maximum Gasteiger partial charge on any atom is 0.191 e. The van der Waals surface area contributed by atoms with E-state index in [1.807, 2.05) is 23.0 Å². The molecule has 7 nitrogen and oxygen atoms in total. The molecule has 2 heterocycles. The predicted octanol–water partition coefficient (Wildman–Crippen LogP) is 2.62. The third-order valence-corrected chi connectivity index (χ3v) is 4.96. The zero-order valence-electron chi connectivity index (χ0n) is 15.6. The molecule has 1 fully saturated rings. The van der Waals surface area contributed by atoms with E-state index in [9.17, 15) is 0 Å². The highest BCUT2D eigenvalue weighted by Crippen LogP contribution is 2.23. The molecule has 2 aromatic heterocycles. The lowest BCUT2D eigenvalue weighted by Crippen LogP contribution is -2.47. The van der Waals surface area contributed by atoms with Crippen molar-refractivity contribution in [3.63, 3.8) is 0 Å². The van der Waals surface area contributed by atoms with Crippen molar-refractivity contribution in [1.82, 2.24) is 25.6 Å². The molecule has 26 heavy (non-hydrogen) atoms. The van der Waals surface area contributed by atoms with E-state index < -0.39 is 0 Å². The number of furan rings is 1. The van der Waals surface area contributed by atoms with Gasteiger partial charge in [-0.2, -0.15) is 0 Å². The van der Waals surface area contributed by atoms with Crippen molar-refractivity contribution in [3.8, 4) is 0 Å². The predicted molar refractivity (Wildman–Crippen MR) is 102 cm³/mol. The summed E-state index contributed by atoms with van der Waals surface area (Å²) in [6, 6.07) is 4.44. The molecule has 0 amide bonds. The van der Waals surface area contributed by atoms with Crippen molar-refractivity contribution in [2.24, 2.45) is 10.9 Å². The van der Waals surface area contributed by atoms with Gasteiger partial charge < -0.3 is 15.1 Å². The standard InChI is InChI=1S/C19H30N6O/c1-16-6-2-3-8-18(16)23-19(21-11-9-17-7-4-15-26-17)20-10-5-13-25-14-12-22-24-25/h4,7,12,14-16,18H,2-3,5-6,8-11,13H2,1H3,(H2,20,21,23). The van der Waals surface area contributed by atoms with Gasteiger partial charge in [-0.3, -0.25) is 9.67 Å². The van der Waals surface area contributed by atoms with Crippen molar-refractivity contribution in [3.05, 3.63) is 36.5 Å². The molecule has 0 radical (unpaired) electrons. The lowest BCUT2D eigenvalue weighted by atomic mass is 9.86. The largest absolute Gasteiger partial charge is 0.469 e. The van der Waals surface area contributed by atoms with Gasteiger partial charge in [0.15, 0.2) is 5.96 Å². The van der Waals surface area contributed by atoms with Crippen molar-refractivity contribution in [2.75, 3.05) is 13.1 Å². The molecule has 0 aliphatic heterocycles. The van der Waals surface area contributed by atoms with Gasteiger partial charge in [0, 0.05) is 38.3 Å². The highest BCUT2D eigenvalue weighted by atomic mass is 16.3. The summed E-state index contributed by atoms with van der Waals surface area (Å²) in [4.78, 5) is 4.77. The average Bonchev–Trinajstić information content (AvgIpc) is 3.34. The van der Waals surface area contributed by atoms with Gasteiger partial charge in [0.1, 0.15) is 5.76 Å². The van der Waals surface area contributed by atoms with Crippen molar-refractivity contribution in [2.45, 2.75) is 58.0 Å². The van der Waals surface area contributed by atoms with E-state index >= 15 is 0 Å². The second-order valence-electron chi connectivity index (χ2n) is 7.02. The summed E-state index contributed by atoms with van der Waals surface area (Å²) in [6.07, 6.45) is 12.3. The van der Waals surface area contributed by atoms with Crippen molar-refractivity contribution in [1.29, 1.82) is 0 Å². The van der Waals surface area contributed by atoms with E-state index in [4.69, 9.17) is 9.41 Å². The van der Waals surface area contributed by atoms with Gasteiger partial charge in [-0.1, -0.05) is 25.0 Å². The Morgan fingerprint density at radius 1 is 1.38 bits per heavy atom. The van der Waals surface area contributed by atoms with Crippen molar-refractivity contribution < 1.29 is 4.42 Å². The second kappa shape index (κ2) is 9.99. The summed E-state index contributed by atoms with van der Waals surface area (Å²) < 4.78 is 7.25. The second-order valence-corrected chi connectivity index (χ2v) is 7.02. The van der Waals surface area contributed by atoms with E-state index in [-0.39, 0.29) is 0 Å². The van der Waals surface area contributed by atoms with Gasteiger partial charge in [-0.15, -0.1) is 5.10 Å². The van der Waals surface area contributed by atoms with Crippen LogP contribution in [0.5, 0.6) is 0 Å². The molecule has 1 aliphatic carbocycles. The summed E-state index contributed by atoms with van der Waals surface area (Å²) in [5.41, 5.74) is 0. The third-order valence-electron chi connectivity index (χ3n) is 4.96. The van der Waals surface area contributed by atoms with Gasteiger partial charge in [0.2, 0.25) is 0 Å². The Morgan fingerprint density at radius 3 is 3.08 bits per heavy atom. The van der Waals surface area contributed by atoms with Crippen LogP contribution in [0, 0.1) is 5.92 Å². The molecule has 2 atom stereocenters. The van der Waals surface area contributed by atoms with E-state index in [2.05, 4.69) is 27.9 Å². The molecule has 7 heteroatoms. The minimum atomic E-state index is 0.508. The van der Waals surface area contributed by atoms with Crippen LogP contribution in [0.3, 0.4) is 0 Å². The summed E-state index contributed by atoms with van der Waals surface area (Å²) >= 11 is 0. The third kappa shape index (κ3) is 5.89. The Hall–Kier alpha value is -2.31. The van der Waals surface area contributed by atoms with Crippen molar-refractivity contribution >= 4 is 5.96 Å². The highest BCUT2D eigenvalue weighted by molar-refractivity contribution is 5.80. The zero-order valence-corrected chi connectivity index (χ0v) is 15.6. The SMILES string of the molecule is CC1CCCCC1NC(=NCCCn1ccnn1)NCCc1ccco1. The van der Waals surface area contributed by atoms with Gasteiger partial charge >= 0.3 is 0 Å². The van der Waals surface area contributed by atoms with E-state index in [1.54, 1.807) is 12.5 Å². The van der Waals surface area contributed by atoms with Crippen LogP contribution < -0.4 is 10.6 Å². The average molecular weight is 358 g/mol. The molecular formula is C19H30N6O. The number of aryl methyl sites for hydroxylation is 1. The number of guanidine groups is 1. The number of nitrogens with zero attached hydrogens (tertiary/aromatic N) is 4. The summed E-state index contributed by atoms with van der Waals surface area (Å²) in [5.74, 6) is 2.60. The minimum Gasteiger partial charge on any atom is -0.469 e. The van der Waals surface area contributed by atoms with Gasteiger partial charge in [0.05, 0.1) is 12.5 Å². The van der Waals surface area contributed by atoms with Gasteiger partial charge in [-0.05, 0) is 37.3 Å². The maximum atomic E-state index is 5.41. The fraction of sp³-hybridized carbons (Fsp3) is 0.632. The molecule has 142 valence electrons. The Kier molecular flexibility index (Phi) is 7.10. The molecule has 2 aromatic rings. The summed E-state index contributed by atoms with van der Waals surface area (Å²) in [5, 5.41) is 14.9. The highest BCUT2D eigenvalue weighted by Gasteiger charge is 2.21. The van der Waals surface area contributed by atoms with Crippen LogP contribution in [0.25, 0.3) is 0 Å². The number of aliphatic imine (C=N–C) groups is 1. The molecule has 1 aliphatic rings. The molecule has 0 saturated heterocycles. The number of rotatable bonds is 8. The molecule has 2 unspecified atom stereocenters. The molecule has 2 N–H and O–H groups in total. The zero-order chi connectivity index (χ0) is 18.0. The maximum absolute atomic E-state index is 5.41. The molecule has 0 aromatic carbocycles. The first kappa shape index (κ1) is 18.5. The van der Waals surface area contributed by atoms with Crippen LogP contribution in [0.4, 0.5) is 0 Å². The van der Waals surface area contributed by atoms with E-state index in [0.29, 0.717) is 12.0 Å². The lowest BCUT2D eigenvalue weighted by Gasteiger charge is -2.31. The Bertz CT molecular complexity index is 637. The first-order valence-corrected chi connectivity index (χ1v) is 9.72. The smallest absolute Gasteiger partial charge is 0.191 e. The fourth-order valence-corrected chi connectivity index (χ4v) is 3.39. The monoisotopic (exact) mass is 358 g/mol. The van der Waals surface area contributed by atoms with Crippen LogP contribution in [-0.4, -0.2) is 40.1 Å². The van der Waals surface area contributed by atoms with E-state index in [1.165, 1.54) is 25.7 Å². The summed E-state index contributed by atoms with van der Waals surface area (Å²) in [7, 11) is 0. The van der Waals surface area contributed by atoms with Gasteiger partial charge in [0.25, 0.3) is 0 Å². The molecule has 0 bridgehead atoms. The quantitative estimate of drug-likeness (QED) is 0.431. The molecule has 3 rings (SSSR count). The minimum absolute atomic E-state index is 0.508. The first-order valence-electron chi connectivity index (χ1n) is 9.72. The molecule has 0 spiro atoms. The Labute approximate surface area is 155 Å². The lowest BCUT2D eigenvalue weighted by molar-refractivity contribution is 0.306. The Balaban J connectivity index is 1.49. The number of hydrogen-bond donors (Lipinski definition) is 2. The van der Waals surface area contributed by atoms with Crippen LogP contribution in [0.1, 0.15) is 44.8 Å². The summed E-state index contributed by atoms with van der Waals surface area (Å²) in [6.45, 7) is 4.74. The van der Waals surface area contributed by atoms with E-state index in [0.717, 1.165) is 44.2 Å². The van der Waals surface area contributed by atoms with Crippen LogP contribution >= 0.6 is 0 Å². The van der Waals surface area contributed by atoms with Crippen LogP contribution in [0.2, 0.25) is 0 Å². The van der Waals surface area contributed by atoms with Crippen LogP contribution in [0.15, 0.2) is 40.2 Å². The van der Waals surface area contributed by atoms with Gasteiger partial charge in [-0.25, -0.2) is 0 Å². The Morgan fingerprint density at radius 2 is 2.31 bits per heavy atom. The topological polar surface area (TPSA) is 80.3 Å². The first-order chi connectivity index (χ1) is 12.8. The number of hydrogen-bond acceptors (Lipinski definition) is 4. The number of aromatic nitrogens is 3. The molecular weight excluding hydrogens is 328 g/mol.